The number of piperazine rings is 1. The number of carbonyl (C=O) groups excluding carboxylic acids is 1. The van der Waals surface area contributed by atoms with Crippen LogP contribution in [0.4, 0.5) is 11.4 Å². The standard InChI is InChI=1S/C19H32N4O3S/c1-5-21(6-2)17-7-9-18(10-8-17)23(27(4,25)26)12-11-19(24)22-15-13-20(3)14-16-22/h7-10H,5-6,11-16H2,1-4H3. The molecular formula is C19H32N4O3S. The summed E-state index contributed by atoms with van der Waals surface area (Å²) in [7, 11) is -1.42. The molecule has 1 aromatic carbocycles. The molecule has 1 fully saturated rings. The van der Waals surface area contributed by atoms with Gasteiger partial charge in [-0.2, -0.15) is 0 Å². The summed E-state index contributed by atoms with van der Waals surface area (Å²) in [6, 6.07) is 7.50. The van der Waals surface area contributed by atoms with E-state index < -0.39 is 10.0 Å². The lowest BCUT2D eigenvalue weighted by Gasteiger charge is -2.33. The molecule has 0 radical (unpaired) electrons. The van der Waals surface area contributed by atoms with Crippen LogP contribution in [0.5, 0.6) is 0 Å². The maximum absolute atomic E-state index is 12.5. The smallest absolute Gasteiger partial charge is 0.232 e. The number of hydrogen-bond donors (Lipinski definition) is 0. The van der Waals surface area contributed by atoms with Gasteiger partial charge >= 0.3 is 0 Å². The second-order valence-corrected chi connectivity index (χ2v) is 8.86. The third-order valence-electron chi connectivity index (χ3n) is 5.05. The molecule has 1 heterocycles. The second kappa shape index (κ2) is 9.41. The second-order valence-electron chi connectivity index (χ2n) is 6.96. The van der Waals surface area contributed by atoms with Gasteiger partial charge in [0.25, 0.3) is 0 Å². The van der Waals surface area contributed by atoms with E-state index in [1.165, 1.54) is 10.6 Å². The van der Waals surface area contributed by atoms with E-state index in [1.54, 1.807) is 0 Å². The van der Waals surface area contributed by atoms with Crippen LogP contribution >= 0.6 is 0 Å². The average molecular weight is 397 g/mol. The van der Waals surface area contributed by atoms with Gasteiger partial charge in [0.2, 0.25) is 15.9 Å². The van der Waals surface area contributed by atoms with Gasteiger partial charge in [-0.25, -0.2) is 8.42 Å². The Morgan fingerprint density at radius 3 is 2.00 bits per heavy atom. The highest BCUT2D eigenvalue weighted by Gasteiger charge is 2.23. The van der Waals surface area contributed by atoms with E-state index in [0.29, 0.717) is 18.8 Å². The Bertz CT molecular complexity index is 709. The van der Waals surface area contributed by atoms with Gasteiger partial charge in [0.05, 0.1) is 11.9 Å². The maximum Gasteiger partial charge on any atom is 0.232 e. The van der Waals surface area contributed by atoms with Crippen molar-refractivity contribution in [2.24, 2.45) is 0 Å². The third kappa shape index (κ3) is 5.84. The average Bonchev–Trinajstić information content (AvgIpc) is 2.63. The number of benzene rings is 1. The zero-order valence-corrected chi connectivity index (χ0v) is 17.7. The van der Waals surface area contributed by atoms with Crippen molar-refractivity contribution in [2.75, 3.05) is 68.3 Å². The Labute approximate surface area is 163 Å². The summed E-state index contributed by atoms with van der Waals surface area (Å²) in [6.07, 6.45) is 1.38. The van der Waals surface area contributed by atoms with E-state index in [0.717, 1.165) is 31.9 Å². The van der Waals surface area contributed by atoms with Gasteiger partial charge in [-0.1, -0.05) is 0 Å². The van der Waals surface area contributed by atoms with Crippen molar-refractivity contribution < 1.29 is 13.2 Å². The predicted octanol–water partition coefficient (Wildman–Crippen LogP) is 1.46. The van der Waals surface area contributed by atoms with Crippen molar-refractivity contribution in [1.29, 1.82) is 0 Å². The van der Waals surface area contributed by atoms with Crippen molar-refractivity contribution in [3.8, 4) is 0 Å². The van der Waals surface area contributed by atoms with E-state index in [1.807, 2.05) is 36.2 Å². The molecule has 1 aromatic rings. The lowest BCUT2D eigenvalue weighted by Crippen LogP contribution is -2.48. The lowest BCUT2D eigenvalue weighted by atomic mass is 10.2. The molecule has 0 bridgehead atoms. The first-order chi connectivity index (χ1) is 12.8. The Hall–Kier alpha value is -1.80. The van der Waals surface area contributed by atoms with Crippen LogP contribution < -0.4 is 9.21 Å². The summed E-state index contributed by atoms with van der Waals surface area (Å²) in [5.74, 6) is 0.0107. The monoisotopic (exact) mass is 396 g/mol. The van der Waals surface area contributed by atoms with Crippen molar-refractivity contribution in [3.05, 3.63) is 24.3 Å². The molecule has 0 aromatic heterocycles. The summed E-state index contributed by atoms with van der Waals surface area (Å²) < 4.78 is 25.9. The number of rotatable bonds is 8. The summed E-state index contributed by atoms with van der Waals surface area (Å²) in [5.41, 5.74) is 1.66. The number of hydrogen-bond acceptors (Lipinski definition) is 5. The SMILES string of the molecule is CCN(CC)c1ccc(N(CCC(=O)N2CCN(C)CC2)S(C)(=O)=O)cc1. The number of nitrogens with zero attached hydrogens (tertiary/aromatic N) is 4. The number of carbonyl (C=O) groups is 1. The van der Waals surface area contributed by atoms with Crippen LogP contribution in [0.2, 0.25) is 0 Å². The van der Waals surface area contributed by atoms with Gasteiger partial charge in [0, 0.05) is 57.9 Å². The molecule has 1 aliphatic heterocycles. The molecule has 1 saturated heterocycles. The zero-order chi connectivity index (χ0) is 20.0. The number of likely N-dealkylation sites (N-methyl/N-ethyl adjacent to an activating group) is 1. The maximum atomic E-state index is 12.5. The molecule has 1 aliphatic rings. The normalized spacial score (nSPS) is 15.6. The third-order valence-corrected chi connectivity index (χ3v) is 6.25. The van der Waals surface area contributed by atoms with Crippen molar-refractivity contribution in [2.45, 2.75) is 20.3 Å². The highest BCUT2D eigenvalue weighted by Crippen LogP contribution is 2.23. The van der Waals surface area contributed by atoms with Crippen LogP contribution in [0.25, 0.3) is 0 Å². The Balaban J connectivity index is 2.06. The molecule has 0 N–H and O–H groups in total. The molecule has 0 saturated carbocycles. The molecule has 1 amide bonds. The molecular weight excluding hydrogens is 364 g/mol. The fraction of sp³-hybridized carbons (Fsp3) is 0.632. The van der Waals surface area contributed by atoms with Gasteiger partial charge in [0.15, 0.2) is 0 Å². The Morgan fingerprint density at radius 2 is 1.52 bits per heavy atom. The van der Waals surface area contributed by atoms with Crippen molar-refractivity contribution in [1.82, 2.24) is 9.80 Å². The van der Waals surface area contributed by atoms with Gasteiger partial charge in [-0.3, -0.25) is 9.10 Å². The Morgan fingerprint density at radius 1 is 1.00 bits per heavy atom. The Kier molecular flexibility index (Phi) is 7.49. The topological polar surface area (TPSA) is 64.2 Å². The van der Waals surface area contributed by atoms with E-state index in [4.69, 9.17) is 0 Å². The highest BCUT2D eigenvalue weighted by molar-refractivity contribution is 7.92. The van der Waals surface area contributed by atoms with Crippen LogP contribution in [-0.2, 0) is 14.8 Å². The number of anilines is 2. The van der Waals surface area contributed by atoms with Crippen LogP contribution in [0.15, 0.2) is 24.3 Å². The molecule has 0 spiro atoms. The largest absolute Gasteiger partial charge is 0.372 e. The molecule has 7 nitrogen and oxygen atoms in total. The first-order valence-electron chi connectivity index (χ1n) is 9.55. The molecule has 8 heteroatoms. The minimum atomic E-state index is -3.46. The van der Waals surface area contributed by atoms with Crippen molar-refractivity contribution in [3.63, 3.8) is 0 Å². The van der Waals surface area contributed by atoms with Gasteiger partial charge < -0.3 is 14.7 Å². The van der Waals surface area contributed by atoms with E-state index >= 15 is 0 Å². The van der Waals surface area contributed by atoms with Gasteiger partial charge in [0.1, 0.15) is 0 Å². The highest BCUT2D eigenvalue weighted by atomic mass is 32.2. The molecule has 0 unspecified atom stereocenters. The predicted molar refractivity (Wildman–Crippen MR) is 111 cm³/mol. The molecule has 2 rings (SSSR count). The molecule has 152 valence electrons. The van der Waals surface area contributed by atoms with Crippen LogP contribution in [0.1, 0.15) is 20.3 Å². The number of amides is 1. The van der Waals surface area contributed by atoms with E-state index in [2.05, 4.69) is 23.6 Å². The summed E-state index contributed by atoms with van der Waals surface area (Å²) in [4.78, 5) is 18.7. The van der Waals surface area contributed by atoms with E-state index in [-0.39, 0.29) is 18.9 Å². The summed E-state index contributed by atoms with van der Waals surface area (Å²) >= 11 is 0. The van der Waals surface area contributed by atoms with Gasteiger partial charge in [-0.15, -0.1) is 0 Å². The quantitative estimate of drug-likeness (QED) is 0.666. The fourth-order valence-corrected chi connectivity index (χ4v) is 4.24. The number of sulfonamides is 1. The van der Waals surface area contributed by atoms with Crippen LogP contribution in [0, 0.1) is 0 Å². The zero-order valence-electron chi connectivity index (χ0n) is 16.9. The van der Waals surface area contributed by atoms with Crippen LogP contribution in [0.3, 0.4) is 0 Å². The summed E-state index contributed by atoms with van der Waals surface area (Å²) in [5, 5.41) is 0. The first-order valence-corrected chi connectivity index (χ1v) is 11.4. The molecule has 0 aliphatic carbocycles. The minimum Gasteiger partial charge on any atom is -0.372 e. The lowest BCUT2D eigenvalue weighted by molar-refractivity contribution is -0.132. The van der Waals surface area contributed by atoms with Crippen molar-refractivity contribution >= 4 is 27.3 Å². The first kappa shape index (κ1) is 21.5. The summed E-state index contributed by atoms with van der Waals surface area (Å²) in [6.45, 7) is 9.24. The van der Waals surface area contributed by atoms with Crippen LogP contribution in [-0.4, -0.2) is 83.2 Å². The minimum absolute atomic E-state index is 0.0107. The fourth-order valence-electron chi connectivity index (χ4n) is 3.32. The van der Waals surface area contributed by atoms with E-state index in [9.17, 15) is 13.2 Å². The molecule has 27 heavy (non-hydrogen) atoms. The molecule has 0 atom stereocenters. The van der Waals surface area contributed by atoms with Gasteiger partial charge in [-0.05, 0) is 45.2 Å².